The lowest BCUT2D eigenvalue weighted by molar-refractivity contribution is -0.384. The number of benzene rings is 1. The quantitative estimate of drug-likeness (QED) is 0.510. The Bertz CT molecular complexity index is 479. The molecule has 1 fully saturated rings. The average Bonchev–Trinajstić information content (AvgIpc) is 2.65. The van der Waals surface area contributed by atoms with Crippen molar-refractivity contribution in [3.05, 3.63) is 38.3 Å². The van der Waals surface area contributed by atoms with E-state index in [0.29, 0.717) is 12.0 Å². The Hall–Kier alpha value is -0.940. The van der Waals surface area contributed by atoms with Crippen LogP contribution in [0.15, 0.2) is 22.7 Å². The van der Waals surface area contributed by atoms with Crippen molar-refractivity contribution in [3.8, 4) is 0 Å². The summed E-state index contributed by atoms with van der Waals surface area (Å²) in [7, 11) is 2.04. The van der Waals surface area contributed by atoms with Crippen LogP contribution >= 0.6 is 15.9 Å². The van der Waals surface area contributed by atoms with Gasteiger partial charge in [-0.05, 0) is 37.8 Å². The first-order chi connectivity index (χ1) is 9.61. The van der Waals surface area contributed by atoms with Crippen LogP contribution in [-0.4, -0.2) is 18.0 Å². The number of nitro groups is 1. The Morgan fingerprint density at radius 2 is 2.10 bits per heavy atom. The van der Waals surface area contributed by atoms with Crippen molar-refractivity contribution < 1.29 is 4.92 Å². The van der Waals surface area contributed by atoms with Crippen LogP contribution in [0.5, 0.6) is 0 Å². The van der Waals surface area contributed by atoms with Gasteiger partial charge in [0.25, 0.3) is 5.69 Å². The molecule has 0 amide bonds. The van der Waals surface area contributed by atoms with Gasteiger partial charge >= 0.3 is 0 Å². The van der Waals surface area contributed by atoms with Gasteiger partial charge in [-0.2, -0.15) is 0 Å². The molecule has 2 rings (SSSR count). The van der Waals surface area contributed by atoms with E-state index in [4.69, 9.17) is 0 Å². The number of non-ortho nitro benzene ring substituents is 1. The van der Waals surface area contributed by atoms with Gasteiger partial charge in [-0.25, -0.2) is 0 Å². The van der Waals surface area contributed by atoms with E-state index in [1.807, 2.05) is 13.1 Å². The highest BCUT2D eigenvalue weighted by Crippen LogP contribution is 2.30. The first-order valence-corrected chi connectivity index (χ1v) is 8.01. The molecule has 0 aliphatic heterocycles. The number of halogens is 1. The summed E-state index contributed by atoms with van der Waals surface area (Å²) in [5, 5.41) is 14.2. The lowest BCUT2D eigenvalue weighted by Crippen LogP contribution is -2.33. The van der Waals surface area contributed by atoms with Crippen molar-refractivity contribution in [1.82, 2.24) is 5.32 Å². The van der Waals surface area contributed by atoms with Gasteiger partial charge in [-0.3, -0.25) is 10.1 Å². The molecule has 0 spiro atoms. The average molecular weight is 341 g/mol. The van der Waals surface area contributed by atoms with Crippen LogP contribution in [0.4, 0.5) is 5.69 Å². The summed E-state index contributed by atoms with van der Waals surface area (Å²) >= 11 is 3.48. The summed E-state index contributed by atoms with van der Waals surface area (Å²) in [5.74, 6) is 0.611. The highest BCUT2D eigenvalue weighted by molar-refractivity contribution is 9.10. The lowest BCUT2D eigenvalue weighted by Gasteiger charge is -2.25. The standard InChI is InChI=1S/C15H21BrN2O2/c1-17-15-6-4-2-3-5-12(15)9-11-7-8-13(18(19)20)10-14(11)16/h7-8,10,12,15,17H,2-6,9H2,1H3. The third-order valence-corrected chi connectivity index (χ3v) is 5.00. The Morgan fingerprint density at radius 3 is 2.75 bits per heavy atom. The molecule has 2 unspecified atom stereocenters. The maximum Gasteiger partial charge on any atom is 0.270 e. The van der Waals surface area contributed by atoms with Crippen LogP contribution in [0.3, 0.4) is 0 Å². The molecule has 1 aromatic carbocycles. The summed E-state index contributed by atoms with van der Waals surface area (Å²) in [6.45, 7) is 0. The van der Waals surface area contributed by atoms with Gasteiger partial charge < -0.3 is 5.32 Å². The van der Waals surface area contributed by atoms with Crippen molar-refractivity contribution in [2.75, 3.05) is 7.05 Å². The first kappa shape index (κ1) is 15.4. The van der Waals surface area contributed by atoms with E-state index in [0.717, 1.165) is 10.9 Å². The number of nitro benzene ring substituents is 1. The smallest absolute Gasteiger partial charge is 0.270 e. The number of nitrogens with zero attached hydrogens (tertiary/aromatic N) is 1. The minimum absolute atomic E-state index is 0.145. The monoisotopic (exact) mass is 340 g/mol. The molecule has 0 saturated heterocycles. The predicted molar refractivity (Wildman–Crippen MR) is 83.9 cm³/mol. The molecule has 1 N–H and O–H groups in total. The third-order valence-electron chi connectivity index (χ3n) is 4.26. The Balaban J connectivity index is 2.13. The molecular formula is C15H21BrN2O2. The highest BCUT2D eigenvalue weighted by Gasteiger charge is 2.23. The van der Waals surface area contributed by atoms with E-state index in [-0.39, 0.29) is 10.6 Å². The van der Waals surface area contributed by atoms with E-state index < -0.39 is 0 Å². The second-order valence-electron chi connectivity index (χ2n) is 5.53. The van der Waals surface area contributed by atoms with Crippen molar-refractivity contribution in [2.24, 2.45) is 5.92 Å². The van der Waals surface area contributed by atoms with Gasteiger partial charge in [-0.15, -0.1) is 0 Å². The summed E-state index contributed by atoms with van der Waals surface area (Å²) in [5.41, 5.74) is 1.31. The topological polar surface area (TPSA) is 55.2 Å². The molecule has 2 atom stereocenters. The Kier molecular flexibility index (Phi) is 5.54. The Labute approximate surface area is 128 Å². The van der Waals surface area contributed by atoms with E-state index >= 15 is 0 Å². The molecule has 0 heterocycles. The molecule has 1 saturated carbocycles. The van der Waals surface area contributed by atoms with Crippen LogP contribution in [0, 0.1) is 16.0 Å². The second kappa shape index (κ2) is 7.18. The number of rotatable bonds is 4. The number of nitrogens with one attached hydrogen (secondary N) is 1. The zero-order valence-electron chi connectivity index (χ0n) is 11.8. The zero-order valence-corrected chi connectivity index (χ0v) is 13.4. The van der Waals surface area contributed by atoms with Crippen molar-refractivity contribution in [2.45, 2.75) is 44.6 Å². The number of hydrogen-bond acceptors (Lipinski definition) is 3. The lowest BCUT2D eigenvalue weighted by atomic mass is 9.88. The third kappa shape index (κ3) is 3.79. The molecule has 1 aromatic rings. The zero-order chi connectivity index (χ0) is 14.5. The van der Waals surface area contributed by atoms with E-state index in [1.54, 1.807) is 12.1 Å². The molecule has 1 aliphatic carbocycles. The minimum Gasteiger partial charge on any atom is -0.317 e. The summed E-state index contributed by atoms with van der Waals surface area (Å²) in [6.07, 6.45) is 7.33. The molecule has 110 valence electrons. The normalized spacial score (nSPS) is 23.3. The molecule has 0 radical (unpaired) electrons. The largest absolute Gasteiger partial charge is 0.317 e. The van der Waals surface area contributed by atoms with E-state index in [1.165, 1.54) is 37.7 Å². The van der Waals surface area contributed by atoms with Gasteiger partial charge in [0.1, 0.15) is 0 Å². The fourth-order valence-corrected chi connectivity index (χ4v) is 3.64. The van der Waals surface area contributed by atoms with Crippen LogP contribution < -0.4 is 5.32 Å². The van der Waals surface area contributed by atoms with Crippen LogP contribution in [0.25, 0.3) is 0 Å². The fourth-order valence-electron chi connectivity index (χ4n) is 3.11. The summed E-state index contributed by atoms with van der Waals surface area (Å²) in [4.78, 5) is 10.4. The molecule has 5 heteroatoms. The van der Waals surface area contributed by atoms with Gasteiger partial charge in [0.2, 0.25) is 0 Å². The molecule has 0 bridgehead atoms. The van der Waals surface area contributed by atoms with Gasteiger partial charge in [0.15, 0.2) is 0 Å². The fraction of sp³-hybridized carbons (Fsp3) is 0.600. The Morgan fingerprint density at radius 1 is 1.35 bits per heavy atom. The van der Waals surface area contributed by atoms with Crippen LogP contribution in [-0.2, 0) is 6.42 Å². The van der Waals surface area contributed by atoms with Gasteiger partial charge in [-0.1, -0.05) is 41.3 Å². The van der Waals surface area contributed by atoms with Crippen molar-refractivity contribution >= 4 is 21.6 Å². The summed E-state index contributed by atoms with van der Waals surface area (Å²) < 4.78 is 0.853. The highest BCUT2D eigenvalue weighted by atomic mass is 79.9. The first-order valence-electron chi connectivity index (χ1n) is 7.22. The SMILES string of the molecule is CNC1CCCCCC1Cc1ccc([N+](=O)[O-])cc1Br. The molecule has 0 aromatic heterocycles. The van der Waals surface area contributed by atoms with E-state index in [2.05, 4.69) is 21.2 Å². The van der Waals surface area contributed by atoms with E-state index in [9.17, 15) is 10.1 Å². The predicted octanol–water partition coefficient (Wildman–Crippen LogP) is 4.07. The minimum atomic E-state index is -0.351. The molecule has 4 nitrogen and oxygen atoms in total. The maximum absolute atomic E-state index is 10.8. The molecule has 20 heavy (non-hydrogen) atoms. The molecular weight excluding hydrogens is 320 g/mol. The van der Waals surface area contributed by atoms with Crippen molar-refractivity contribution in [3.63, 3.8) is 0 Å². The van der Waals surface area contributed by atoms with Crippen LogP contribution in [0.2, 0.25) is 0 Å². The van der Waals surface area contributed by atoms with Gasteiger partial charge in [0.05, 0.1) is 4.92 Å². The summed E-state index contributed by atoms with van der Waals surface area (Å²) in [6, 6.07) is 5.66. The van der Waals surface area contributed by atoms with Crippen LogP contribution in [0.1, 0.15) is 37.7 Å². The van der Waals surface area contributed by atoms with Crippen molar-refractivity contribution in [1.29, 1.82) is 0 Å². The maximum atomic E-state index is 10.8. The second-order valence-corrected chi connectivity index (χ2v) is 6.38. The number of hydrogen-bond donors (Lipinski definition) is 1. The molecule has 1 aliphatic rings. The van der Waals surface area contributed by atoms with Gasteiger partial charge in [0, 0.05) is 22.6 Å².